The number of aromatic hydroxyl groups is 1. The Morgan fingerprint density at radius 3 is 2.48 bits per heavy atom. The van der Waals surface area contributed by atoms with Crippen LogP contribution in [-0.4, -0.2) is 67.3 Å². The molecule has 0 atom stereocenters. The molecule has 1 amide bonds. The first kappa shape index (κ1) is 23.5. The van der Waals surface area contributed by atoms with Gasteiger partial charge in [-0.25, -0.2) is 0 Å². The average Bonchev–Trinajstić information content (AvgIpc) is 2.65. The largest absolute Gasteiger partial charge is 0.508 e. The lowest BCUT2D eigenvalue weighted by molar-refractivity contribution is 0.0264. The molecule has 0 spiro atoms. The Labute approximate surface area is 178 Å². The molecule has 1 saturated heterocycles. The van der Waals surface area contributed by atoms with Crippen LogP contribution in [0.3, 0.4) is 0 Å². The van der Waals surface area contributed by atoms with Crippen molar-refractivity contribution in [2.45, 2.75) is 32.8 Å². The van der Waals surface area contributed by atoms with Gasteiger partial charge in [0.2, 0.25) is 0 Å². The highest BCUT2D eigenvalue weighted by Gasteiger charge is 2.21. The Bertz CT molecular complexity index is 587. The second-order valence-corrected chi connectivity index (χ2v) is 6.18. The minimum Gasteiger partial charge on any atom is -0.508 e. The van der Waals surface area contributed by atoms with E-state index in [0.717, 1.165) is 45.0 Å². The normalized spacial score (nSPS) is 15.2. The number of hydrogen-bond acceptors (Lipinski definition) is 4. The van der Waals surface area contributed by atoms with Crippen molar-refractivity contribution in [1.82, 2.24) is 15.5 Å². The Morgan fingerprint density at radius 1 is 1.22 bits per heavy atom. The van der Waals surface area contributed by atoms with Crippen LogP contribution in [0.1, 0.15) is 37.0 Å². The third-order valence-corrected chi connectivity index (χ3v) is 4.27. The highest BCUT2D eigenvalue weighted by Crippen LogP contribution is 2.13. The van der Waals surface area contributed by atoms with Crippen LogP contribution < -0.4 is 10.6 Å². The molecule has 1 aliphatic heterocycles. The number of aliphatic imine (C=N–C) groups is 1. The molecule has 1 fully saturated rings. The van der Waals surface area contributed by atoms with Crippen molar-refractivity contribution in [3.63, 3.8) is 0 Å². The molecule has 3 N–H and O–H groups in total. The second kappa shape index (κ2) is 12.8. The number of amides is 1. The van der Waals surface area contributed by atoms with Crippen molar-refractivity contribution in [1.29, 1.82) is 0 Å². The number of nitrogens with one attached hydrogen (secondary N) is 2. The molecule has 1 aromatic carbocycles. The smallest absolute Gasteiger partial charge is 0.251 e. The maximum Gasteiger partial charge on any atom is 0.251 e. The van der Waals surface area contributed by atoms with E-state index < -0.39 is 0 Å². The summed E-state index contributed by atoms with van der Waals surface area (Å²) < 4.78 is 5.70. The van der Waals surface area contributed by atoms with Crippen molar-refractivity contribution in [3.05, 3.63) is 29.8 Å². The quantitative estimate of drug-likeness (QED) is 0.236. The summed E-state index contributed by atoms with van der Waals surface area (Å²) in [7, 11) is 0. The first-order valence-electron chi connectivity index (χ1n) is 9.36. The molecule has 0 aliphatic carbocycles. The monoisotopic (exact) mass is 490 g/mol. The summed E-state index contributed by atoms with van der Waals surface area (Å²) >= 11 is 0. The zero-order valence-corrected chi connectivity index (χ0v) is 18.4. The molecule has 27 heavy (non-hydrogen) atoms. The number of benzene rings is 1. The van der Waals surface area contributed by atoms with E-state index in [1.807, 2.05) is 6.92 Å². The SMILES string of the molecule is CCNC(=NCCNC(=O)c1ccc(O)cc1)N1CCC(OCC)CC1.I. The van der Waals surface area contributed by atoms with Gasteiger partial charge in [0.05, 0.1) is 12.6 Å². The third-order valence-electron chi connectivity index (χ3n) is 4.27. The number of likely N-dealkylation sites (tertiary alicyclic amines) is 1. The van der Waals surface area contributed by atoms with Crippen molar-refractivity contribution >= 4 is 35.8 Å². The highest BCUT2D eigenvalue weighted by atomic mass is 127. The van der Waals surface area contributed by atoms with E-state index in [9.17, 15) is 9.90 Å². The van der Waals surface area contributed by atoms with E-state index in [-0.39, 0.29) is 35.6 Å². The fourth-order valence-corrected chi connectivity index (χ4v) is 2.94. The summed E-state index contributed by atoms with van der Waals surface area (Å²) in [5.41, 5.74) is 0.525. The molecule has 7 nitrogen and oxygen atoms in total. The van der Waals surface area contributed by atoms with E-state index >= 15 is 0 Å². The predicted octanol–water partition coefficient (Wildman–Crippen LogP) is 2.21. The van der Waals surface area contributed by atoms with E-state index in [4.69, 9.17) is 4.74 Å². The molecule has 1 aromatic rings. The van der Waals surface area contributed by atoms with E-state index in [1.54, 1.807) is 12.1 Å². The molecule has 0 radical (unpaired) electrons. The van der Waals surface area contributed by atoms with Gasteiger partial charge in [-0.1, -0.05) is 0 Å². The summed E-state index contributed by atoms with van der Waals surface area (Å²) in [5, 5.41) is 15.4. The Kier molecular flexibility index (Phi) is 11.1. The van der Waals surface area contributed by atoms with Gasteiger partial charge in [0, 0.05) is 38.3 Å². The van der Waals surface area contributed by atoms with Crippen LogP contribution in [0.25, 0.3) is 0 Å². The van der Waals surface area contributed by atoms with Gasteiger partial charge in [-0.05, 0) is 51.0 Å². The summed E-state index contributed by atoms with van der Waals surface area (Å²) in [6.07, 6.45) is 2.37. The molecular formula is C19H31IN4O3. The maximum absolute atomic E-state index is 12.0. The zero-order valence-electron chi connectivity index (χ0n) is 16.1. The van der Waals surface area contributed by atoms with Gasteiger partial charge in [0.15, 0.2) is 5.96 Å². The number of carbonyl (C=O) groups is 1. The number of halogens is 1. The van der Waals surface area contributed by atoms with Crippen LogP contribution in [0.2, 0.25) is 0 Å². The lowest BCUT2D eigenvalue weighted by Crippen LogP contribution is -2.47. The predicted molar refractivity (Wildman–Crippen MR) is 118 cm³/mol. The zero-order chi connectivity index (χ0) is 18.8. The van der Waals surface area contributed by atoms with Gasteiger partial charge in [-0.15, -0.1) is 24.0 Å². The minimum absolute atomic E-state index is 0. The van der Waals surface area contributed by atoms with Crippen LogP contribution >= 0.6 is 24.0 Å². The standard InChI is InChI=1S/C19H30N4O3.HI/c1-3-20-19(23-13-9-17(10-14-23)26-4-2)22-12-11-21-18(25)15-5-7-16(24)8-6-15;/h5-8,17,24H,3-4,9-14H2,1-2H3,(H,20,22)(H,21,25);1H. The number of rotatable bonds is 7. The van der Waals surface area contributed by atoms with Crippen molar-refractivity contribution in [2.75, 3.05) is 39.3 Å². The number of hydrogen-bond donors (Lipinski definition) is 3. The van der Waals surface area contributed by atoms with E-state index in [2.05, 4.69) is 27.4 Å². The number of phenolic OH excluding ortho intramolecular Hbond substituents is 1. The van der Waals surface area contributed by atoms with Crippen LogP contribution in [0.15, 0.2) is 29.3 Å². The number of carbonyl (C=O) groups excluding carboxylic acids is 1. The molecule has 2 rings (SSSR count). The molecule has 152 valence electrons. The number of phenols is 1. The second-order valence-electron chi connectivity index (χ2n) is 6.18. The number of guanidine groups is 1. The van der Waals surface area contributed by atoms with Gasteiger partial charge in [-0.3, -0.25) is 9.79 Å². The van der Waals surface area contributed by atoms with Gasteiger partial charge < -0.3 is 25.4 Å². The Balaban J connectivity index is 0.00000364. The third kappa shape index (κ3) is 7.92. The number of ether oxygens (including phenoxy) is 1. The van der Waals surface area contributed by atoms with E-state index in [1.165, 1.54) is 12.1 Å². The fraction of sp³-hybridized carbons (Fsp3) is 0.579. The first-order chi connectivity index (χ1) is 12.6. The number of nitrogens with zero attached hydrogens (tertiary/aromatic N) is 2. The first-order valence-corrected chi connectivity index (χ1v) is 9.36. The fourth-order valence-electron chi connectivity index (χ4n) is 2.94. The van der Waals surface area contributed by atoms with Gasteiger partial charge in [0.1, 0.15) is 5.75 Å². The highest BCUT2D eigenvalue weighted by molar-refractivity contribution is 14.0. The lowest BCUT2D eigenvalue weighted by Gasteiger charge is -2.34. The molecular weight excluding hydrogens is 459 g/mol. The van der Waals surface area contributed by atoms with Crippen LogP contribution in [0.4, 0.5) is 0 Å². The lowest BCUT2D eigenvalue weighted by atomic mass is 10.1. The molecule has 1 heterocycles. The van der Waals surface area contributed by atoms with Gasteiger partial charge in [0.25, 0.3) is 5.91 Å². The number of piperidine rings is 1. The van der Waals surface area contributed by atoms with Gasteiger partial charge in [-0.2, -0.15) is 0 Å². The summed E-state index contributed by atoms with van der Waals surface area (Å²) in [5.74, 6) is 0.874. The van der Waals surface area contributed by atoms with Crippen LogP contribution in [0.5, 0.6) is 5.75 Å². The maximum atomic E-state index is 12.0. The molecule has 0 bridgehead atoms. The Morgan fingerprint density at radius 2 is 1.89 bits per heavy atom. The van der Waals surface area contributed by atoms with Gasteiger partial charge >= 0.3 is 0 Å². The minimum atomic E-state index is -0.164. The molecule has 0 aromatic heterocycles. The molecule has 1 aliphatic rings. The van der Waals surface area contributed by atoms with Crippen LogP contribution in [0, 0.1) is 0 Å². The topological polar surface area (TPSA) is 86.2 Å². The average molecular weight is 490 g/mol. The molecule has 0 saturated carbocycles. The Hall–Kier alpha value is -1.55. The summed E-state index contributed by atoms with van der Waals surface area (Å²) in [6, 6.07) is 6.20. The van der Waals surface area contributed by atoms with Crippen molar-refractivity contribution < 1.29 is 14.6 Å². The summed E-state index contributed by atoms with van der Waals surface area (Å²) in [4.78, 5) is 18.9. The van der Waals surface area contributed by atoms with Crippen molar-refractivity contribution in [2.24, 2.45) is 4.99 Å². The van der Waals surface area contributed by atoms with E-state index in [0.29, 0.717) is 24.8 Å². The van der Waals surface area contributed by atoms with Crippen LogP contribution in [-0.2, 0) is 4.74 Å². The molecule has 0 unspecified atom stereocenters. The van der Waals surface area contributed by atoms with Crippen molar-refractivity contribution in [3.8, 4) is 5.75 Å². The summed E-state index contributed by atoms with van der Waals surface area (Å²) in [6.45, 7) is 8.48. The molecule has 8 heteroatoms.